The maximum absolute atomic E-state index is 12.1. The minimum Gasteiger partial charge on any atom is -0.396 e. The molecule has 0 aromatic heterocycles. The number of aliphatic hydroxyl groups is 27. The lowest BCUT2D eigenvalue weighted by molar-refractivity contribution is -0.362. The minimum atomic E-state index is -1.98. The van der Waals surface area contributed by atoms with Crippen LogP contribution in [0.15, 0.2) is 0 Å². The van der Waals surface area contributed by atoms with Gasteiger partial charge in [-0.3, -0.25) is 0 Å². The van der Waals surface area contributed by atoms with E-state index in [9.17, 15) is 138 Å². The first-order valence-electron chi connectivity index (χ1n) is 56.1. The van der Waals surface area contributed by atoms with Crippen molar-refractivity contribution in [2.45, 2.75) is 436 Å². The van der Waals surface area contributed by atoms with Crippen LogP contribution in [0.4, 0.5) is 0 Å². The van der Waals surface area contributed by atoms with Gasteiger partial charge in [0.1, 0.15) is 122 Å². The summed E-state index contributed by atoms with van der Waals surface area (Å²) in [7, 11) is 0. The van der Waals surface area contributed by atoms with E-state index in [1.54, 1.807) is 0 Å². The topological polar surface area (TPSA) is 666 Å². The fourth-order valence-corrected chi connectivity index (χ4v) is 33.4. The van der Waals surface area contributed by atoms with Gasteiger partial charge in [-0.2, -0.15) is 0 Å². The van der Waals surface area contributed by atoms with E-state index in [0.29, 0.717) is 97.2 Å². The van der Waals surface area contributed by atoms with Crippen LogP contribution in [0.1, 0.15) is 222 Å². The van der Waals surface area contributed by atoms with Gasteiger partial charge in [-0.15, -0.1) is 0 Å². The van der Waals surface area contributed by atoms with Crippen LogP contribution in [0.2, 0.25) is 0 Å². The molecule has 0 amide bonds. The molecule has 16 aliphatic rings. The number of rotatable bonds is 40. The van der Waals surface area contributed by atoms with Crippen molar-refractivity contribution in [3.63, 3.8) is 0 Å². The lowest BCUT2D eigenvalue weighted by Gasteiger charge is -2.61. The average Bonchev–Trinajstić information content (AvgIpc) is 1.59. The van der Waals surface area contributed by atoms with E-state index in [1.807, 2.05) is 6.92 Å². The van der Waals surface area contributed by atoms with Crippen molar-refractivity contribution >= 4 is 0 Å². The van der Waals surface area contributed by atoms with Crippen LogP contribution in [0.25, 0.3) is 0 Å². The Morgan fingerprint density at radius 1 is 0.299 bits per heavy atom. The lowest BCUT2D eigenvalue weighted by Crippen LogP contribution is -2.65. The molecule has 40 nitrogen and oxygen atoms in total. The summed E-state index contributed by atoms with van der Waals surface area (Å²) in [5, 5.41) is 296. The first-order valence-corrected chi connectivity index (χ1v) is 56.1. The third kappa shape index (κ3) is 23.6. The van der Waals surface area contributed by atoms with Gasteiger partial charge in [0.15, 0.2) is 25.2 Å². The molecule has 59 atom stereocenters. The Kier molecular flexibility index (Phi) is 39.9. The second kappa shape index (κ2) is 49.7. The van der Waals surface area contributed by atoms with Crippen molar-refractivity contribution in [2.24, 2.45) is 140 Å². The van der Waals surface area contributed by atoms with Gasteiger partial charge < -0.3 is 199 Å². The summed E-state index contributed by atoms with van der Waals surface area (Å²) < 4.78 is 82.8. The normalized spacial score (nSPS) is 52.0. The van der Waals surface area contributed by atoms with E-state index in [4.69, 9.17) is 61.6 Å². The molecule has 0 radical (unpaired) electrons. The largest absolute Gasteiger partial charge is 0.396 e. The summed E-state index contributed by atoms with van der Waals surface area (Å²) in [6.07, 6.45) is -28.6. The average molecular weight is 2110 g/mol. The summed E-state index contributed by atoms with van der Waals surface area (Å²) in [6, 6.07) is 0. The van der Waals surface area contributed by atoms with Gasteiger partial charge in [0, 0.05) is 56.7 Å². The maximum atomic E-state index is 12.1. The van der Waals surface area contributed by atoms with Crippen molar-refractivity contribution in [3.05, 3.63) is 0 Å². The van der Waals surface area contributed by atoms with Gasteiger partial charge in [-0.05, 0) is 284 Å². The predicted octanol–water partition coefficient (Wildman–Crippen LogP) is -1.75. The number of aliphatic hydroxyl groups excluding tert-OH is 27. The third-order valence-electron chi connectivity index (χ3n) is 42.3. The Balaban J connectivity index is 0.576. The highest BCUT2D eigenvalue weighted by Gasteiger charge is 2.66. The highest BCUT2D eigenvalue weighted by Crippen LogP contribution is 2.71. The minimum absolute atomic E-state index is 0.000292. The van der Waals surface area contributed by atoms with E-state index in [-0.39, 0.29) is 123 Å². The Hall–Kier alpha value is -1.60. The highest BCUT2D eigenvalue weighted by molar-refractivity contribution is 5.14. The number of ether oxygens (including phenoxy) is 13. The summed E-state index contributed by atoms with van der Waals surface area (Å²) in [5.41, 5.74) is -1.21. The van der Waals surface area contributed by atoms with Crippen molar-refractivity contribution in [3.8, 4) is 0 Å². The van der Waals surface area contributed by atoms with E-state index < -0.39 is 278 Å². The molecule has 40 heteroatoms. The molecule has 5 aliphatic heterocycles. The SMILES string of the molecule is CC(CCCOCC(COCCCC(C)C1CCC2C3CCC4CC(O[C@@H]5CC(CO)[C@@H](C[C@H]6CC(CO)[C@@H](O)[C@H](O)C6O)[C@H](O)C5C)CCC4(C)C3CCC12C)(CO[C@@H]1OC(CO)[C@@H](O[C@H]2CC(CO)[C@@H](O)[C@H](O)C2O)[C@H](O)C1O)CO[C@H]1OC(CO)[C@H](OC2OC(CO)[C@H](O)C(O)[C@H]2O)C(O)[C@H]1O)C1CCC2C3CCC4CC(O[C@H]5OC(CO)[C@H](C[C@@H]6OC(CO)[C@H](O)C(O)[C@H]6O)C(O)[C@H]5O)CCC4(C)C3CCC12C. The number of hydrogen-bond acceptors (Lipinski definition) is 40. The molecule has 5 heterocycles. The molecule has 852 valence electrons. The lowest BCUT2D eigenvalue weighted by atomic mass is 9.44. The second-order valence-electron chi connectivity index (χ2n) is 50.2. The molecule has 147 heavy (non-hydrogen) atoms. The zero-order chi connectivity index (χ0) is 106. The van der Waals surface area contributed by atoms with Crippen molar-refractivity contribution < 1.29 is 199 Å². The zero-order valence-electron chi connectivity index (χ0n) is 87.1. The molecule has 27 N–H and O–H groups in total. The molecular weight excluding hydrogens is 1930 g/mol. The van der Waals surface area contributed by atoms with Gasteiger partial charge in [-0.25, -0.2) is 0 Å². The van der Waals surface area contributed by atoms with E-state index in [1.165, 1.54) is 0 Å². The van der Waals surface area contributed by atoms with Crippen molar-refractivity contribution in [2.75, 3.05) is 92.5 Å². The Morgan fingerprint density at radius 3 is 1.20 bits per heavy atom. The molecule has 11 aliphatic carbocycles. The summed E-state index contributed by atoms with van der Waals surface area (Å²) >= 11 is 0. The standard InChI is InChI=1S/C107H184O40/c1-49(64-16-18-66-60-14-12-56-34-58(20-24-103(56,4)68(60)22-26-105(64,66)6)139-70-32-53(37-108)62(78(116)51(70)3)31-52-30-54(38-109)80(118)87(125)79(52)117)10-8-28-135-45-107(47-137-99-95(133)91(129)97(76(43-114)145-99)142-71-33-55(39-110)81(119)88(126)83(71)121,48-138-100-96(134)92(130)98(77(44-115)146-100)147-102-94(132)90(128)86(124)75(42-113)144-102)46-136-29-9-11-50(2)65-17-19-67-61-15-13-57-35-59(21-25-104(57,5)69(61)23-27-106(65,67)7)140-101-93(131)82(120)63(73(40-111)143-101)36-72-84(122)89(127)85(123)74(41-112)141-72/h49-102,108-134H,8-48H2,1-7H3/t49?,50?,51?,52-,53?,54?,55?,56?,57?,58?,59?,60?,61?,62-,63+,64?,65?,66?,67?,68?,69?,70-,71+,72+,73?,74?,75?,76?,77?,78-,79?,80-,81-,82?,83?,84+,85+,86+,87-,88+,89?,90?,91-,92?,93-,94-,95?,96-,97-,98+,99-,100+,101+,102?,103?,104?,105?,106?,107?/m1/s1. The molecule has 0 spiro atoms. The maximum Gasteiger partial charge on any atom is 0.187 e. The van der Waals surface area contributed by atoms with Gasteiger partial charge >= 0.3 is 0 Å². The molecule has 16 rings (SSSR count). The molecule has 5 saturated heterocycles. The van der Waals surface area contributed by atoms with Crippen molar-refractivity contribution in [1.29, 1.82) is 0 Å². The van der Waals surface area contributed by atoms with Crippen LogP contribution in [0, 0.1) is 140 Å². The van der Waals surface area contributed by atoms with Crippen LogP contribution in [0.5, 0.6) is 0 Å². The quantitative estimate of drug-likeness (QED) is 0.0239. The smallest absolute Gasteiger partial charge is 0.187 e. The van der Waals surface area contributed by atoms with Gasteiger partial charge in [-0.1, -0.05) is 48.5 Å². The molecular formula is C107H184O40. The molecule has 36 unspecified atom stereocenters. The fraction of sp³-hybridized carbons (Fsp3) is 1.00. The second-order valence-corrected chi connectivity index (χ2v) is 50.2. The fourth-order valence-electron chi connectivity index (χ4n) is 33.4. The highest BCUT2D eigenvalue weighted by atomic mass is 16.8. The Bertz CT molecular complexity index is 3770. The van der Waals surface area contributed by atoms with E-state index in [2.05, 4.69) is 41.5 Å². The van der Waals surface area contributed by atoms with Crippen LogP contribution >= 0.6 is 0 Å². The van der Waals surface area contributed by atoms with Gasteiger partial charge in [0.05, 0.1) is 132 Å². The summed E-state index contributed by atoms with van der Waals surface area (Å²) in [6.45, 7) is 11.0. The predicted molar refractivity (Wildman–Crippen MR) is 518 cm³/mol. The summed E-state index contributed by atoms with van der Waals surface area (Å²) in [5.74, 6) is 1.35. The van der Waals surface area contributed by atoms with Crippen LogP contribution in [-0.4, -0.2) is 445 Å². The first kappa shape index (κ1) is 118. The van der Waals surface area contributed by atoms with Crippen molar-refractivity contribution in [1.82, 2.24) is 0 Å². The van der Waals surface area contributed by atoms with Crippen LogP contribution in [0.3, 0.4) is 0 Å². The molecule has 0 aromatic carbocycles. The number of fused-ring (bicyclic) bond motifs is 10. The Morgan fingerprint density at radius 2 is 0.701 bits per heavy atom. The number of hydrogen-bond donors (Lipinski definition) is 27. The zero-order valence-corrected chi connectivity index (χ0v) is 87.1. The molecule has 0 bridgehead atoms. The van der Waals surface area contributed by atoms with Gasteiger partial charge in [0.2, 0.25) is 0 Å². The summed E-state index contributed by atoms with van der Waals surface area (Å²) in [4.78, 5) is 0. The first-order chi connectivity index (χ1) is 70.0. The van der Waals surface area contributed by atoms with Gasteiger partial charge in [0.25, 0.3) is 0 Å². The monoisotopic (exact) mass is 2110 g/mol. The van der Waals surface area contributed by atoms with E-state index in [0.717, 1.165) is 122 Å². The van der Waals surface area contributed by atoms with E-state index >= 15 is 0 Å². The van der Waals surface area contributed by atoms with Crippen LogP contribution in [-0.2, 0) is 61.6 Å². The van der Waals surface area contributed by atoms with Crippen LogP contribution < -0.4 is 0 Å². The molecule has 16 fully saturated rings. The molecule has 0 aromatic rings. The third-order valence-corrected chi connectivity index (χ3v) is 42.3. The molecule has 11 saturated carbocycles. The Labute approximate surface area is 863 Å².